The van der Waals surface area contributed by atoms with Gasteiger partial charge in [-0.25, -0.2) is 4.98 Å². The molecule has 2 N–H and O–H groups in total. The van der Waals surface area contributed by atoms with E-state index < -0.39 is 0 Å². The molecule has 132 valence electrons. The first kappa shape index (κ1) is 17.4. The Hall–Kier alpha value is -3.46. The maximum atomic E-state index is 10.0. The van der Waals surface area contributed by atoms with Crippen molar-refractivity contribution in [3.63, 3.8) is 0 Å². The molecule has 0 aliphatic rings. The van der Waals surface area contributed by atoms with Crippen LogP contribution in [0.1, 0.15) is 22.5 Å². The fraction of sp³-hybridized carbons (Fsp3) is 0.200. The second kappa shape index (κ2) is 6.81. The van der Waals surface area contributed by atoms with Crippen molar-refractivity contribution in [2.24, 2.45) is 0 Å². The maximum absolute atomic E-state index is 10.0. The average Bonchev–Trinajstić information content (AvgIpc) is 3.03. The lowest BCUT2D eigenvalue weighted by molar-refractivity contribution is 0.340. The zero-order chi connectivity index (χ0) is 18.8. The Kier molecular flexibility index (Phi) is 4.55. The Balaban J connectivity index is 2.11. The van der Waals surface area contributed by atoms with Crippen LogP contribution >= 0.6 is 0 Å². The Labute approximate surface area is 151 Å². The number of hydrogen-bond donors (Lipinski definition) is 2. The van der Waals surface area contributed by atoms with Crippen molar-refractivity contribution in [1.29, 1.82) is 5.26 Å². The predicted octanol–water partition coefficient (Wildman–Crippen LogP) is 3.97. The van der Waals surface area contributed by atoms with E-state index in [4.69, 9.17) is 9.47 Å². The van der Waals surface area contributed by atoms with Crippen LogP contribution in [0.4, 0.5) is 0 Å². The summed E-state index contributed by atoms with van der Waals surface area (Å²) in [5.74, 6) is 0.936. The predicted molar refractivity (Wildman–Crippen MR) is 100 cm³/mol. The average molecular weight is 349 g/mol. The number of methoxy groups -OCH3 is 2. The van der Waals surface area contributed by atoms with Gasteiger partial charge in [0.2, 0.25) is 5.75 Å². The quantitative estimate of drug-likeness (QED) is 0.696. The first-order chi connectivity index (χ1) is 12.5. The molecule has 6 heteroatoms. The van der Waals surface area contributed by atoms with E-state index in [0.29, 0.717) is 17.0 Å². The van der Waals surface area contributed by atoms with Crippen LogP contribution in [-0.4, -0.2) is 29.3 Å². The summed E-state index contributed by atoms with van der Waals surface area (Å²) in [5.41, 5.74) is 5.01. The number of hydrogen-bond acceptors (Lipinski definition) is 5. The van der Waals surface area contributed by atoms with Crippen LogP contribution in [0, 0.1) is 25.2 Å². The van der Waals surface area contributed by atoms with Crippen LogP contribution in [-0.2, 0) is 0 Å². The summed E-state index contributed by atoms with van der Waals surface area (Å²) < 4.78 is 10.3. The molecule has 0 radical (unpaired) electrons. The SMILES string of the molecule is COc1cc(/C=C(\C#N)c2nc3cc(C)c(C)cc3[nH]2)cc(OC)c1O. The monoisotopic (exact) mass is 349 g/mol. The molecule has 0 bridgehead atoms. The Morgan fingerprint density at radius 3 is 2.31 bits per heavy atom. The fourth-order valence-electron chi connectivity index (χ4n) is 2.71. The molecule has 26 heavy (non-hydrogen) atoms. The number of phenols is 1. The molecular weight excluding hydrogens is 330 g/mol. The third kappa shape index (κ3) is 3.07. The van der Waals surface area contributed by atoms with Crippen LogP contribution in [0.5, 0.6) is 17.2 Å². The Morgan fingerprint density at radius 2 is 1.73 bits per heavy atom. The van der Waals surface area contributed by atoms with Crippen LogP contribution in [0.2, 0.25) is 0 Å². The lowest BCUT2D eigenvalue weighted by Crippen LogP contribution is -1.91. The van der Waals surface area contributed by atoms with Crippen molar-refractivity contribution in [3.05, 3.63) is 46.8 Å². The number of benzene rings is 2. The number of aromatic hydroxyl groups is 1. The molecule has 3 rings (SSSR count). The van der Waals surface area contributed by atoms with E-state index in [1.807, 2.05) is 26.0 Å². The van der Waals surface area contributed by atoms with Crippen LogP contribution in [0.3, 0.4) is 0 Å². The minimum Gasteiger partial charge on any atom is -0.502 e. The third-order valence-electron chi connectivity index (χ3n) is 4.29. The smallest absolute Gasteiger partial charge is 0.200 e. The van der Waals surface area contributed by atoms with E-state index in [0.717, 1.165) is 22.2 Å². The summed E-state index contributed by atoms with van der Waals surface area (Å²) in [6.07, 6.45) is 1.67. The van der Waals surface area contributed by atoms with E-state index >= 15 is 0 Å². The molecule has 6 nitrogen and oxygen atoms in total. The van der Waals surface area contributed by atoms with Gasteiger partial charge in [0.25, 0.3) is 0 Å². The maximum Gasteiger partial charge on any atom is 0.200 e. The Bertz CT molecular complexity index is 994. The highest BCUT2D eigenvalue weighted by Crippen LogP contribution is 2.38. The van der Waals surface area contributed by atoms with Gasteiger partial charge in [-0.3, -0.25) is 0 Å². The number of nitrogens with one attached hydrogen (secondary N) is 1. The number of aryl methyl sites for hydroxylation is 2. The molecule has 0 atom stereocenters. The van der Waals surface area contributed by atoms with Crippen molar-refractivity contribution in [3.8, 4) is 23.3 Å². The van der Waals surface area contributed by atoms with E-state index in [1.54, 1.807) is 18.2 Å². The summed E-state index contributed by atoms with van der Waals surface area (Å²) in [6.45, 7) is 4.06. The minimum absolute atomic E-state index is 0.0830. The normalized spacial score (nSPS) is 11.4. The lowest BCUT2D eigenvalue weighted by Gasteiger charge is -2.09. The van der Waals surface area contributed by atoms with E-state index in [2.05, 4.69) is 16.0 Å². The van der Waals surface area contributed by atoms with Crippen molar-refractivity contribution in [2.75, 3.05) is 14.2 Å². The highest BCUT2D eigenvalue weighted by atomic mass is 16.5. The molecule has 0 unspecified atom stereocenters. The standard InChI is InChI=1S/C20H19N3O3/c1-11-5-15-16(6-12(11)2)23-20(22-15)14(10-21)7-13-8-17(25-3)19(24)18(9-13)26-4/h5-9,24H,1-4H3,(H,22,23)/b14-7+. The van der Waals surface area contributed by atoms with Gasteiger partial charge in [-0.15, -0.1) is 0 Å². The minimum atomic E-state index is -0.0830. The highest BCUT2D eigenvalue weighted by Gasteiger charge is 2.13. The van der Waals surface area contributed by atoms with Gasteiger partial charge in [0, 0.05) is 0 Å². The molecule has 0 saturated heterocycles. The number of aromatic amines is 1. The fourth-order valence-corrected chi connectivity index (χ4v) is 2.71. The number of aromatic nitrogens is 2. The summed E-state index contributed by atoms with van der Waals surface area (Å²) in [6, 6.07) is 9.44. The van der Waals surface area contributed by atoms with Gasteiger partial charge >= 0.3 is 0 Å². The number of fused-ring (bicyclic) bond motifs is 1. The zero-order valence-electron chi connectivity index (χ0n) is 15.0. The second-order valence-corrected chi connectivity index (χ2v) is 5.98. The molecule has 0 amide bonds. The molecule has 0 aliphatic heterocycles. The van der Waals surface area contributed by atoms with Gasteiger partial charge in [0.15, 0.2) is 11.5 Å². The number of allylic oxidation sites excluding steroid dienone is 1. The van der Waals surface area contributed by atoms with Crippen molar-refractivity contribution in [1.82, 2.24) is 9.97 Å². The molecule has 1 aromatic heterocycles. The number of rotatable bonds is 4. The number of H-pyrrole nitrogens is 1. The third-order valence-corrected chi connectivity index (χ3v) is 4.29. The number of ether oxygens (including phenoxy) is 2. The van der Waals surface area contributed by atoms with E-state index in [-0.39, 0.29) is 17.2 Å². The van der Waals surface area contributed by atoms with Crippen LogP contribution in [0.15, 0.2) is 24.3 Å². The number of nitriles is 1. The largest absolute Gasteiger partial charge is 0.502 e. The van der Waals surface area contributed by atoms with Gasteiger partial charge in [-0.1, -0.05) is 0 Å². The van der Waals surface area contributed by atoms with Crippen molar-refractivity contribution >= 4 is 22.7 Å². The topological polar surface area (TPSA) is 91.2 Å². The number of phenolic OH excluding ortho intramolecular Hbond substituents is 1. The van der Waals surface area contributed by atoms with Crippen LogP contribution in [0.25, 0.3) is 22.7 Å². The van der Waals surface area contributed by atoms with Gasteiger partial charge in [0.1, 0.15) is 11.9 Å². The summed E-state index contributed by atoms with van der Waals surface area (Å²) in [5, 5.41) is 19.6. The molecule has 0 aliphatic carbocycles. The number of imidazole rings is 1. The van der Waals surface area contributed by atoms with Crippen molar-refractivity contribution in [2.45, 2.75) is 13.8 Å². The summed E-state index contributed by atoms with van der Waals surface area (Å²) in [4.78, 5) is 7.72. The van der Waals surface area contributed by atoms with Crippen molar-refractivity contribution < 1.29 is 14.6 Å². The first-order valence-corrected chi connectivity index (χ1v) is 8.01. The summed E-state index contributed by atoms with van der Waals surface area (Å²) >= 11 is 0. The second-order valence-electron chi connectivity index (χ2n) is 5.98. The lowest BCUT2D eigenvalue weighted by atomic mass is 10.1. The highest BCUT2D eigenvalue weighted by molar-refractivity contribution is 5.91. The molecular formula is C20H19N3O3. The molecule has 1 heterocycles. The zero-order valence-corrected chi connectivity index (χ0v) is 15.0. The van der Waals surface area contributed by atoms with Gasteiger partial charge in [-0.05, 0) is 60.9 Å². The molecule has 0 fully saturated rings. The van der Waals surface area contributed by atoms with E-state index in [9.17, 15) is 10.4 Å². The molecule has 2 aromatic carbocycles. The molecule has 0 saturated carbocycles. The first-order valence-electron chi connectivity index (χ1n) is 8.01. The van der Waals surface area contributed by atoms with E-state index in [1.165, 1.54) is 14.2 Å². The summed E-state index contributed by atoms with van der Waals surface area (Å²) in [7, 11) is 2.91. The van der Waals surface area contributed by atoms with Crippen LogP contribution < -0.4 is 9.47 Å². The van der Waals surface area contributed by atoms with Gasteiger partial charge in [0.05, 0.1) is 30.8 Å². The van der Waals surface area contributed by atoms with Gasteiger partial charge in [-0.2, -0.15) is 5.26 Å². The van der Waals surface area contributed by atoms with Gasteiger partial charge < -0.3 is 19.6 Å². The molecule has 3 aromatic rings. The Morgan fingerprint density at radius 1 is 1.12 bits per heavy atom. The molecule has 0 spiro atoms. The number of nitrogens with zero attached hydrogens (tertiary/aromatic N) is 2.